The highest BCUT2D eigenvalue weighted by Gasteiger charge is 2.27. The molecule has 0 aliphatic carbocycles. The van der Waals surface area contributed by atoms with Crippen molar-refractivity contribution in [1.29, 1.82) is 0 Å². The van der Waals surface area contributed by atoms with Crippen LogP contribution in [-0.4, -0.2) is 17.6 Å². The Morgan fingerprint density at radius 2 is 0.585 bits per heavy atom. The molecule has 0 fully saturated rings. The zero-order chi connectivity index (χ0) is 37.6. The van der Waals surface area contributed by atoms with Crippen molar-refractivity contribution in [3.8, 4) is 0 Å². The van der Waals surface area contributed by atoms with E-state index in [4.69, 9.17) is 0 Å². The second-order valence-electron chi connectivity index (χ2n) is 16.7. The maximum Gasteiger partial charge on any atom is 0.105 e. The summed E-state index contributed by atoms with van der Waals surface area (Å²) in [6.45, 7) is 9.54. The molecule has 0 amide bonds. The van der Waals surface area contributed by atoms with E-state index in [9.17, 15) is 0 Å². The molecule has 0 aliphatic rings. The average Bonchev–Trinajstić information content (AvgIpc) is 3.18. The van der Waals surface area contributed by atoms with Gasteiger partial charge in [0.15, 0.2) is 0 Å². The Bertz CT molecular complexity index is 981. The van der Waals surface area contributed by atoms with E-state index in [1.165, 1.54) is 221 Å². The Labute approximate surface area is 332 Å². The smallest absolute Gasteiger partial charge is 0.105 e. The molecule has 2 aromatic rings. The quantitative estimate of drug-likeness (QED) is 0.0367. The fourth-order valence-corrected chi connectivity index (χ4v) is 8.17. The van der Waals surface area contributed by atoms with E-state index in [1.807, 2.05) is 0 Å². The van der Waals surface area contributed by atoms with E-state index in [-0.39, 0.29) is 0 Å². The molecule has 1 heteroatoms. The summed E-state index contributed by atoms with van der Waals surface area (Å²) in [4.78, 5) is 0. The highest BCUT2D eigenvalue weighted by Crippen LogP contribution is 2.24. The van der Waals surface area contributed by atoms with Crippen LogP contribution in [0.25, 0.3) is 0 Å². The van der Waals surface area contributed by atoms with Crippen LogP contribution in [0.2, 0.25) is 0 Å². The maximum absolute atomic E-state index is 2.44. The van der Waals surface area contributed by atoms with Gasteiger partial charge in [-0.3, -0.25) is 0 Å². The van der Waals surface area contributed by atoms with Crippen LogP contribution in [0.5, 0.6) is 0 Å². The number of allylic oxidation sites excluding steroid dienone is 4. The first-order chi connectivity index (χ1) is 26.3. The predicted molar refractivity (Wildman–Crippen MR) is 238 cm³/mol. The van der Waals surface area contributed by atoms with E-state index in [0.717, 1.165) is 13.1 Å². The lowest BCUT2D eigenvalue weighted by Gasteiger charge is -2.39. The van der Waals surface area contributed by atoms with Gasteiger partial charge in [-0.05, 0) is 77.0 Å². The van der Waals surface area contributed by atoms with Crippen LogP contribution < -0.4 is 0 Å². The Kier molecular flexibility index (Phi) is 31.6. The molecule has 0 unspecified atom stereocenters. The fraction of sp³-hybridized carbons (Fsp3) is 0.692. The van der Waals surface area contributed by atoms with Gasteiger partial charge in [0, 0.05) is 11.1 Å². The first-order valence-corrected chi connectivity index (χ1v) is 23.5. The van der Waals surface area contributed by atoms with Crippen molar-refractivity contribution in [2.75, 3.05) is 13.1 Å². The van der Waals surface area contributed by atoms with Crippen molar-refractivity contribution in [1.82, 2.24) is 0 Å². The Morgan fingerprint density at radius 1 is 0.321 bits per heavy atom. The molecule has 0 N–H and O–H groups in total. The minimum atomic E-state index is 1.16. The van der Waals surface area contributed by atoms with E-state index in [2.05, 4.69) is 98.8 Å². The molecular formula is C52H88N+. The molecule has 53 heavy (non-hydrogen) atoms. The van der Waals surface area contributed by atoms with Gasteiger partial charge in [0.1, 0.15) is 13.1 Å². The van der Waals surface area contributed by atoms with Crippen LogP contribution in [0, 0.1) is 0 Å². The molecule has 0 bridgehead atoms. The summed E-state index contributed by atoms with van der Waals surface area (Å²) in [5.74, 6) is 0. The van der Waals surface area contributed by atoms with Crippen LogP contribution in [0.4, 0.5) is 0 Å². The van der Waals surface area contributed by atoms with Gasteiger partial charge in [0.2, 0.25) is 0 Å². The van der Waals surface area contributed by atoms with E-state index < -0.39 is 0 Å². The number of hydrogen-bond acceptors (Lipinski definition) is 0. The van der Waals surface area contributed by atoms with Gasteiger partial charge in [-0.25, -0.2) is 0 Å². The van der Waals surface area contributed by atoms with Crippen molar-refractivity contribution < 1.29 is 4.48 Å². The zero-order valence-electron chi connectivity index (χ0n) is 35.6. The molecule has 2 aromatic carbocycles. The monoisotopic (exact) mass is 727 g/mol. The zero-order valence-corrected chi connectivity index (χ0v) is 35.6. The summed E-state index contributed by atoms with van der Waals surface area (Å²) in [6, 6.07) is 22.8. The maximum atomic E-state index is 2.44. The molecule has 2 rings (SSSR count). The predicted octanol–water partition coefficient (Wildman–Crippen LogP) is 17.1. The fourth-order valence-electron chi connectivity index (χ4n) is 8.17. The van der Waals surface area contributed by atoms with Crippen LogP contribution >= 0.6 is 0 Å². The lowest BCUT2D eigenvalue weighted by molar-refractivity contribution is -0.954. The first kappa shape index (κ1) is 47.0. The summed E-state index contributed by atoms with van der Waals surface area (Å²) in [6.07, 6.45) is 51.3. The molecule has 300 valence electrons. The number of unbranched alkanes of at least 4 members (excludes halogenated alkanes) is 26. The lowest BCUT2D eigenvalue weighted by atomic mass is 10.0. The van der Waals surface area contributed by atoms with Crippen LogP contribution in [0.3, 0.4) is 0 Å². The second-order valence-corrected chi connectivity index (χ2v) is 16.7. The van der Waals surface area contributed by atoms with Crippen LogP contribution in [0.15, 0.2) is 85.0 Å². The Morgan fingerprint density at radius 3 is 0.887 bits per heavy atom. The van der Waals surface area contributed by atoms with Gasteiger partial charge in [0.25, 0.3) is 0 Å². The molecule has 0 spiro atoms. The van der Waals surface area contributed by atoms with Crippen molar-refractivity contribution in [2.45, 2.75) is 220 Å². The standard InChI is InChI=1S/C52H88N/c1-3-5-7-9-11-13-15-17-19-21-23-25-27-29-31-33-41-47-53(49-51-43-37-35-38-44-51,50-52-45-39-36-40-46-52)48-42-34-32-30-28-26-24-22-20-18-16-14-12-10-8-6-4-2/h13-16,35-40,43-46H,3-12,17-34,41-42,47-50H2,1-2H3/q+1/b15-13+,16-14+. The van der Waals surface area contributed by atoms with Gasteiger partial charge in [-0.1, -0.05) is 214 Å². The molecule has 0 atom stereocenters. The average molecular weight is 727 g/mol. The normalized spacial score (nSPS) is 12.1. The molecule has 0 radical (unpaired) electrons. The molecule has 0 aromatic heterocycles. The van der Waals surface area contributed by atoms with Gasteiger partial charge in [-0.2, -0.15) is 0 Å². The van der Waals surface area contributed by atoms with Gasteiger partial charge in [0.05, 0.1) is 13.1 Å². The lowest BCUT2D eigenvalue weighted by Crippen LogP contribution is -2.48. The number of hydrogen-bond donors (Lipinski definition) is 0. The number of rotatable bonds is 38. The summed E-state index contributed by atoms with van der Waals surface area (Å²) in [5.41, 5.74) is 3.02. The summed E-state index contributed by atoms with van der Waals surface area (Å²) in [7, 11) is 0. The molecule has 1 nitrogen and oxygen atoms in total. The van der Waals surface area contributed by atoms with Crippen molar-refractivity contribution in [3.05, 3.63) is 96.1 Å². The topological polar surface area (TPSA) is 0 Å². The van der Waals surface area contributed by atoms with Gasteiger partial charge >= 0.3 is 0 Å². The Balaban J connectivity index is 1.68. The van der Waals surface area contributed by atoms with Crippen molar-refractivity contribution in [2.24, 2.45) is 0 Å². The summed E-state index contributed by atoms with van der Waals surface area (Å²) < 4.78 is 1.22. The summed E-state index contributed by atoms with van der Waals surface area (Å²) >= 11 is 0. The van der Waals surface area contributed by atoms with E-state index in [1.54, 1.807) is 0 Å². The van der Waals surface area contributed by atoms with Gasteiger partial charge < -0.3 is 4.48 Å². The highest BCUT2D eigenvalue weighted by atomic mass is 15.3. The second kappa shape index (κ2) is 35.6. The molecular weight excluding hydrogens is 639 g/mol. The van der Waals surface area contributed by atoms with E-state index >= 15 is 0 Å². The molecule has 0 heterocycles. The number of quaternary nitrogens is 1. The van der Waals surface area contributed by atoms with E-state index in [0.29, 0.717) is 0 Å². The largest absolute Gasteiger partial charge is 0.316 e. The number of nitrogens with zero attached hydrogens (tertiary/aromatic N) is 1. The van der Waals surface area contributed by atoms with Crippen LogP contribution in [-0.2, 0) is 13.1 Å². The molecule has 0 saturated carbocycles. The minimum Gasteiger partial charge on any atom is -0.316 e. The first-order valence-electron chi connectivity index (χ1n) is 23.5. The third kappa shape index (κ3) is 28.0. The highest BCUT2D eigenvalue weighted by molar-refractivity contribution is 5.15. The van der Waals surface area contributed by atoms with Crippen molar-refractivity contribution >= 4 is 0 Å². The molecule has 0 aliphatic heterocycles. The van der Waals surface area contributed by atoms with Crippen LogP contribution in [0.1, 0.15) is 218 Å². The summed E-state index contributed by atoms with van der Waals surface area (Å²) in [5, 5.41) is 0. The van der Waals surface area contributed by atoms with Gasteiger partial charge in [-0.15, -0.1) is 0 Å². The minimum absolute atomic E-state index is 1.16. The third-order valence-electron chi connectivity index (χ3n) is 11.5. The molecule has 0 saturated heterocycles. The van der Waals surface area contributed by atoms with Crippen molar-refractivity contribution in [3.63, 3.8) is 0 Å². The number of benzene rings is 2. The SMILES string of the molecule is CCCCCC/C=C/CCCCCCCCCCC[N+](CCCCCCCCCCC/C=C/CCCCCC)(Cc1ccccc1)Cc1ccccc1. The Hall–Kier alpha value is -2.12. The third-order valence-corrected chi connectivity index (χ3v) is 11.5.